The van der Waals surface area contributed by atoms with Crippen molar-refractivity contribution < 1.29 is 22.6 Å². The number of hydrazine groups is 1. The van der Waals surface area contributed by atoms with Gasteiger partial charge in [-0.3, -0.25) is 11.3 Å². The van der Waals surface area contributed by atoms with Gasteiger partial charge < -0.3 is 9.47 Å². The van der Waals surface area contributed by atoms with Crippen molar-refractivity contribution in [3.63, 3.8) is 0 Å². The lowest BCUT2D eigenvalue weighted by molar-refractivity contribution is -0.274. The summed E-state index contributed by atoms with van der Waals surface area (Å²) in [6, 6.07) is 5.70. The lowest BCUT2D eigenvalue weighted by Crippen LogP contribution is -2.36. The van der Waals surface area contributed by atoms with Crippen molar-refractivity contribution in [2.75, 3.05) is 13.2 Å². The van der Waals surface area contributed by atoms with Crippen molar-refractivity contribution in [3.05, 3.63) is 29.8 Å². The Morgan fingerprint density at radius 2 is 2.00 bits per heavy atom. The van der Waals surface area contributed by atoms with Crippen LogP contribution < -0.4 is 16.0 Å². The maximum Gasteiger partial charge on any atom is 0.573 e. The van der Waals surface area contributed by atoms with Crippen LogP contribution in [0.15, 0.2) is 24.3 Å². The second-order valence-corrected chi connectivity index (χ2v) is 4.71. The molecule has 2 rings (SSSR count). The van der Waals surface area contributed by atoms with E-state index in [9.17, 15) is 13.2 Å². The van der Waals surface area contributed by atoms with E-state index in [2.05, 4.69) is 10.2 Å². The van der Waals surface area contributed by atoms with Gasteiger partial charge in [0.15, 0.2) is 0 Å². The van der Waals surface area contributed by atoms with Gasteiger partial charge in [0, 0.05) is 19.3 Å². The van der Waals surface area contributed by atoms with E-state index in [-0.39, 0.29) is 17.7 Å². The molecule has 4 nitrogen and oxygen atoms in total. The first-order valence-corrected chi connectivity index (χ1v) is 6.39. The average Bonchev–Trinajstić information content (AvgIpc) is 2.39. The summed E-state index contributed by atoms with van der Waals surface area (Å²) in [7, 11) is 0. The summed E-state index contributed by atoms with van der Waals surface area (Å²) in [4.78, 5) is 0. The molecule has 1 saturated heterocycles. The molecule has 0 radical (unpaired) electrons. The average molecular weight is 290 g/mol. The Bertz CT molecular complexity index is 434. The maximum absolute atomic E-state index is 12.2. The molecule has 0 amide bonds. The highest BCUT2D eigenvalue weighted by atomic mass is 19.4. The van der Waals surface area contributed by atoms with Crippen molar-refractivity contribution in [1.82, 2.24) is 5.43 Å². The zero-order valence-electron chi connectivity index (χ0n) is 10.8. The van der Waals surface area contributed by atoms with Crippen molar-refractivity contribution >= 4 is 0 Å². The van der Waals surface area contributed by atoms with Crippen LogP contribution in [0.3, 0.4) is 0 Å². The van der Waals surface area contributed by atoms with E-state index in [0.717, 1.165) is 12.8 Å². The Morgan fingerprint density at radius 1 is 1.30 bits per heavy atom. The van der Waals surface area contributed by atoms with E-state index in [4.69, 9.17) is 10.6 Å². The van der Waals surface area contributed by atoms with E-state index in [0.29, 0.717) is 18.8 Å². The number of rotatable bonds is 4. The van der Waals surface area contributed by atoms with Gasteiger partial charge in [-0.15, -0.1) is 13.2 Å². The van der Waals surface area contributed by atoms with Gasteiger partial charge in [0.1, 0.15) is 5.75 Å². The van der Waals surface area contributed by atoms with Crippen LogP contribution in [0.1, 0.15) is 24.4 Å². The first-order chi connectivity index (χ1) is 9.49. The molecule has 1 aliphatic heterocycles. The van der Waals surface area contributed by atoms with Crippen molar-refractivity contribution in [3.8, 4) is 5.75 Å². The third-order valence-electron chi connectivity index (χ3n) is 3.37. The Morgan fingerprint density at radius 3 is 2.60 bits per heavy atom. The Labute approximate surface area is 115 Å². The number of hydrogen-bond acceptors (Lipinski definition) is 4. The monoisotopic (exact) mass is 290 g/mol. The molecule has 1 atom stereocenters. The number of hydrogen-bond donors (Lipinski definition) is 2. The normalized spacial score (nSPS) is 18.8. The van der Waals surface area contributed by atoms with Crippen LogP contribution in [0.2, 0.25) is 0 Å². The zero-order chi connectivity index (χ0) is 14.6. The fourth-order valence-electron chi connectivity index (χ4n) is 2.46. The predicted octanol–water partition coefficient (Wildman–Crippen LogP) is 2.52. The molecular weight excluding hydrogens is 273 g/mol. The van der Waals surface area contributed by atoms with E-state index >= 15 is 0 Å². The van der Waals surface area contributed by atoms with Gasteiger partial charge in [-0.25, -0.2) is 0 Å². The number of nitrogens with one attached hydrogen (secondary N) is 1. The lowest BCUT2D eigenvalue weighted by atomic mass is 9.87. The van der Waals surface area contributed by atoms with Gasteiger partial charge in [-0.1, -0.05) is 12.1 Å². The molecule has 0 aromatic heterocycles. The van der Waals surface area contributed by atoms with E-state index in [1.54, 1.807) is 6.07 Å². The maximum atomic E-state index is 12.2. The van der Waals surface area contributed by atoms with E-state index in [1.807, 2.05) is 0 Å². The Balaban J connectivity index is 2.14. The highest BCUT2D eigenvalue weighted by molar-refractivity contribution is 5.31. The highest BCUT2D eigenvalue weighted by Gasteiger charge is 2.31. The van der Waals surface area contributed by atoms with Gasteiger partial charge in [-0.05, 0) is 36.5 Å². The van der Waals surface area contributed by atoms with Crippen molar-refractivity contribution in [1.29, 1.82) is 0 Å². The van der Waals surface area contributed by atoms with E-state index in [1.165, 1.54) is 18.2 Å². The third kappa shape index (κ3) is 4.09. The summed E-state index contributed by atoms with van der Waals surface area (Å²) in [6.07, 6.45) is -3.05. The fraction of sp³-hybridized carbons (Fsp3) is 0.538. The van der Waals surface area contributed by atoms with Crippen LogP contribution in [-0.4, -0.2) is 19.6 Å². The SMILES string of the molecule is NNC(c1cccc(OC(F)(F)F)c1)C1CCOCC1. The first kappa shape index (κ1) is 15.1. The Kier molecular flexibility index (Phi) is 4.85. The number of ether oxygens (including phenoxy) is 2. The van der Waals surface area contributed by atoms with Crippen LogP contribution in [-0.2, 0) is 4.74 Å². The minimum atomic E-state index is -4.69. The van der Waals surface area contributed by atoms with Crippen LogP contribution >= 0.6 is 0 Å². The molecule has 3 N–H and O–H groups in total. The number of halogens is 3. The van der Waals surface area contributed by atoms with Crippen LogP contribution in [0.25, 0.3) is 0 Å². The molecule has 0 saturated carbocycles. The first-order valence-electron chi connectivity index (χ1n) is 6.39. The van der Waals surface area contributed by atoms with Crippen molar-refractivity contribution in [2.45, 2.75) is 25.2 Å². The summed E-state index contributed by atoms with van der Waals surface area (Å²) in [5.41, 5.74) is 3.37. The third-order valence-corrected chi connectivity index (χ3v) is 3.37. The fourth-order valence-corrected chi connectivity index (χ4v) is 2.46. The molecular formula is C13H17F3N2O2. The molecule has 0 aliphatic carbocycles. The van der Waals surface area contributed by atoms with Crippen LogP contribution in [0.5, 0.6) is 5.75 Å². The van der Waals surface area contributed by atoms with Crippen molar-refractivity contribution in [2.24, 2.45) is 11.8 Å². The molecule has 0 bridgehead atoms. The summed E-state index contributed by atoms with van der Waals surface area (Å²) in [6.45, 7) is 1.28. The molecule has 20 heavy (non-hydrogen) atoms. The summed E-state index contributed by atoms with van der Waals surface area (Å²) in [5, 5.41) is 0. The molecule has 112 valence electrons. The summed E-state index contributed by atoms with van der Waals surface area (Å²) >= 11 is 0. The summed E-state index contributed by atoms with van der Waals surface area (Å²) in [5.74, 6) is 5.56. The van der Waals surface area contributed by atoms with Gasteiger partial charge in [0.05, 0.1) is 0 Å². The molecule has 1 heterocycles. The second-order valence-electron chi connectivity index (χ2n) is 4.71. The number of benzene rings is 1. The van der Waals surface area contributed by atoms with Gasteiger partial charge in [0.2, 0.25) is 0 Å². The van der Waals surface area contributed by atoms with Gasteiger partial charge in [0.25, 0.3) is 0 Å². The zero-order valence-corrected chi connectivity index (χ0v) is 10.8. The van der Waals surface area contributed by atoms with Gasteiger partial charge >= 0.3 is 6.36 Å². The number of nitrogens with two attached hydrogens (primary N) is 1. The van der Waals surface area contributed by atoms with Gasteiger partial charge in [-0.2, -0.15) is 0 Å². The smallest absolute Gasteiger partial charge is 0.406 e. The number of alkyl halides is 3. The molecule has 1 fully saturated rings. The molecule has 1 unspecified atom stereocenters. The Hall–Kier alpha value is -1.31. The van der Waals surface area contributed by atoms with Crippen LogP contribution in [0, 0.1) is 5.92 Å². The topological polar surface area (TPSA) is 56.5 Å². The second kappa shape index (κ2) is 6.43. The molecule has 1 aromatic rings. The lowest BCUT2D eigenvalue weighted by Gasteiger charge is -2.30. The quantitative estimate of drug-likeness (QED) is 0.661. The highest BCUT2D eigenvalue weighted by Crippen LogP contribution is 2.32. The molecule has 1 aromatic carbocycles. The standard InChI is InChI=1S/C13H17F3N2O2/c14-13(15,16)20-11-3-1-2-10(8-11)12(18-17)9-4-6-19-7-5-9/h1-3,8-9,12,18H,4-7,17H2. The predicted molar refractivity (Wildman–Crippen MR) is 66.7 cm³/mol. The minimum absolute atomic E-state index is 0.212. The summed E-state index contributed by atoms with van der Waals surface area (Å²) < 4.78 is 45.9. The van der Waals surface area contributed by atoms with Crippen LogP contribution in [0.4, 0.5) is 13.2 Å². The molecule has 7 heteroatoms. The largest absolute Gasteiger partial charge is 0.573 e. The minimum Gasteiger partial charge on any atom is -0.406 e. The molecule has 1 aliphatic rings. The van der Waals surface area contributed by atoms with E-state index < -0.39 is 6.36 Å². The molecule has 0 spiro atoms.